The first-order chi connectivity index (χ1) is 4.30. The van der Waals surface area contributed by atoms with Crippen LogP contribution in [0, 0.1) is 0 Å². The lowest BCUT2D eigenvalue weighted by molar-refractivity contribution is 0.0196. The van der Waals surface area contributed by atoms with Crippen LogP contribution in [-0.4, -0.2) is 22.4 Å². The lowest BCUT2D eigenvalue weighted by atomic mass is 10.1. The van der Waals surface area contributed by atoms with Gasteiger partial charge in [0.25, 0.3) is 0 Å². The molecule has 2 N–H and O–H groups in total. The van der Waals surface area contributed by atoms with Gasteiger partial charge in [0, 0.05) is 0 Å². The monoisotopic (exact) mass is 128 g/mol. The molecule has 0 amide bonds. The number of hydrogen-bond acceptors (Lipinski definition) is 2. The number of allylic oxidation sites excluding steroid dienone is 1. The molecule has 0 spiro atoms. The Balaban J connectivity index is 2.42. The summed E-state index contributed by atoms with van der Waals surface area (Å²) in [4.78, 5) is 0. The van der Waals surface area contributed by atoms with Crippen molar-refractivity contribution in [3.8, 4) is 0 Å². The summed E-state index contributed by atoms with van der Waals surface area (Å²) in [5.74, 6) is 0. The third kappa shape index (κ3) is 1.80. The zero-order valence-electron chi connectivity index (χ0n) is 5.33. The first kappa shape index (κ1) is 6.78. The maximum atomic E-state index is 9.07. The van der Waals surface area contributed by atoms with Gasteiger partial charge in [-0.25, -0.2) is 0 Å². The smallest absolute Gasteiger partial charge is 0.0833 e. The molecular weight excluding hydrogens is 116 g/mol. The molecule has 0 heterocycles. The van der Waals surface area contributed by atoms with Gasteiger partial charge in [0.2, 0.25) is 0 Å². The van der Waals surface area contributed by atoms with Gasteiger partial charge in [-0.1, -0.05) is 12.2 Å². The van der Waals surface area contributed by atoms with E-state index in [1.54, 1.807) is 0 Å². The zero-order chi connectivity index (χ0) is 6.69. The third-order valence-electron chi connectivity index (χ3n) is 1.62. The normalized spacial score (nSPS) is 36.2. The van der Waals surface area contributed by atoms with E-state index in [2.05, 4.69) is 0 Å². The maximum Gasteiger partial charge on any atom is 0.0833 e. The third-order valence-corrected chi connectivity index (χ3v) is 1.62. The van der Waals surface area contributed by atoms with Crippen LogP contribution in [0.5, 0.6) is 0 Å². The molecule has 0 aromatic heterocycles. The predicted molar refractivity (Wildman–Crippen MR) is 35.0 cm³/mol. The van der Waals surface area contributed by atoms with Gasteiger partial charge < -0.3 is 10.2 Å². The van der Waals surface area contributed by atoms with Gasteiger partial charge in [0.1, 0.15) is 0 Å². The Hall–Kier alpha value is -0.340. The molecule has 0 saturated heterocycles. The fraction of sp³-hybridized carbons (Fsp3) is 0.714. The second kappa shape index (κ2) is 2.99. The van der Waals surface area contributed by atoms with Crippen molar-refractivity contribution in [3.63, 3.8) is 0 Å². The molecule has 52 valence electrons. The molecule has 9 heavy (non-hydrogen) atoms. The van der Waals surface area contributed by atoms with Gasteiger partial charge in [-0.05, 0) is 19.3 Å². The summed E-state index contributed by atoms with van der Waals surface area (Å²) in [7, 11) is 0. The van der Waals surface area contributed by atoms with E-state index in [0.29, 0.717) is 12.8 Å². The van der Waals surface area contributed by atoms with Crippen LogP contribution in [0.1, 0.15) is 19.3 Å². The number of rotatable bonds is 0. The second-order valence-electron chi connectivity index (χ2n) is 2.42. The Morgan fingerprint density at radius 2 is 1.89 bits per heavy atom. The summed E-state index contributed by atoms with van der Waals surface area (Å²) in [6.45, 7) is 0. The van der Waals surface area contributed by atoms with Crippen LogP contribution in [0.2, 0.25) is 0 Å². The highest BCUT2D eigenvalue weighted by molar-refractivity contribution is 4.90. The van der Waals surface area contributed by atoms with Crippen molar-refractivity contribution in [1.29, 1.82) is 0 Å². The molecule has 2 unspecified atom stereocenters. The lowest BCUT2D eigenvalue weighted by Crippen LogP contribution is -2.23. The SMILES string of the molecule is OC1CC=CCCC1O. The molecular formula is C7H12O2. The summed E-state index contributed by atoms with van der Waals surface area (Å²) in [5.41, 5.74) is 0. The molecule has 0 aromatic carbocycles. The Labute approximate surface area is 54.8 Å². The first-order valence-corrected chi connectivity index (χ1v) is 3.32. The highest BCUT2D eigenvalue weighted by Gasteiger charge is 2.15. The Kier molecular flexibility index (Phi) is 2.25. The fourth-order valence-corrected chi connectivity index (χ4v) is 0.970. The minimum Gasteiger partial charge on any atom is -0.390 e. The quantitative estimate of drug-likeness (QED) is 0.465. The van der Waals surface area contributed by atoms with Crippen LogP contribution in [0.25, 0.3) is 0 Å². The van der Waals surface area contributed by atoms with Gasteiger partial charge in [-0.15, -0.1) is 0 Å². The molecule has 2 nitrogen and oxygen atoms in total. The summed E-state index contributed by atoms with van der Waals surface area (Å²) < 4.78 is 0. The minimum atomic E-state index is -0.538. The highest BCUT2D eigenvalue weighted by Crippen LogP contribution is 2.11. The van der Waals surface area contributed by atoms with Gasteiger partial charge >= 0.3 is 0 Å². The molecule has 0 saturated carbocycles. The van der Waals surface area contributed by atoms with Crippen molar-refractivity contribution in [2.45, 2.75) is 31.5 Å². The minimum absolute atomic E-state index is 0.514. The molecule has 1 aliphatic rings. The van der Waals surface area contributed by atoms with E-state index < -0.39 is 12.2 Å². The maximum absolute atomic E-state index is 9.07. The van der Waals surface area contributed by atoms with Crippen molar-refractivity contribution in [3.05, 3.63) is 12.2 Å². The van der Waals surface area contributed by atoms with Crippen LogP contribution >= 0.6 is 0 Å². The Morgan fingerprint density at radius 3 is 2.67 bits per heavy atom. The lowest BCUT2D eigenvalue weighted by Gasteiger charge is -2.12. The van der Waals surface area contributed by atoms with Crippen LogP contribution in [0.15, 0.2) is 12.2 Å². The summed E-state index contributed by atoms with van der Waals surface area (Å²) in [6, 6.07) is 0. The summed E-state index contributed by atoms with van der Waals surface area (Å²) in [6.07, 6.45) is 5.04. The van der Waals surface area contributed by atoms with Crippen LogP contribution in [0.4, 0.5) is 0 Å². The highest BCUT2D eigenvalue weighted by atomic mass is 16.3. The average molecular weight is 128 g/mol. The zero-order valence-corrected chi connectivity index (χ0v) is 5.33. The molecule has 1 rings (SSSR count). The number of hydrogen-bond donors (Lipinski definition) is 2. The largest absolute Gasteiger partial charge is 0.390 e. The fourth-order valence-electron chi connectivity index (χ4n) is 0.970. The molecule has 0 fully saturated rings. The van der Waals surface area contributed by atoms with Gasteiger partial charge in [-0.3, -0.25) is 0 Å². The van der Waals surface area contributed by atoms with E-state index in [-0.39, 0.29) is 0 Å². The van der Waals surface area contributed by atoms with Crippen LogP contribution in [-0.2, 0) is 0 Å². The molecule has 0 radical (unpaired) electrons. The second-order valence-corrected chi connectivity index (χ2v) is 2.42. The topological polar surface area (TPSA) is 40.5 Å². The van der Waals surface area contributed by atoms with Crippen LogP contribution in [0.3, 0.4) is 0 Å². The average Bonchev–Trinajstić information content (AvgIpc) is 1.99. The van der Waals surface area contributed by atoms with Crippen molar-refractivity contribution >= 4 is 0 Å². The van der Waals surface area contributed by atoms with Gasteiger partial charge in [0.05, 0.1) is 12.2 Å². The van der Waals surface area contributed by atoms with E-state index in [0.717, 1.165) is 6.42 Å². The van der Waals surface area contributed by atoms with E-state index >= 15 is 0 Å². The van der Waals surface area contributed by atoms with E-state index in [1.165, 1.54) is 0 Å². The molecule has 0 bridgehead atoms. The van der Waals surface area contributed by atoms with E-state index in [4.69, 9.17) is 10.2 Å². The summed E-state index contributed by atoms with van der Waals surface area (Å²) in [5, 5.41) is 18.1. The van der Waals surface area contributed by atoms with Crippen LogP contribution < -0.4 is 0 Å². The predicted octanol–water partition coefficient (Wildman–Crippen LogP) is 0.448. The van der Waals surface area contributed by atoms with Gasteiger partial charge in [0.15, 0.2) is 0 Å². The standard InChI is InChI=1S/C7H12O2/c8-6-4-2-1-3-5-7(6)9/h1-2,6-9H,3-5H2. The first-order valence-electron chi connectivity index (χ1n) is 3.32. The Morgan fingerprint density at radius 1 is 1.11 bits per heavy atom. The molecule has 1 aliphatic carbocycles. The van der Waals surface area contributed by atoms with Gasteiger partial charge in [-0.2, -0.15) is 0 Å². The van der Waals surface area contributed by atoms with Crippen molar-refractivity contribution in [2.75, 3.05) is 0 Å². The number of aliphatic hydroxyl groups excluding tert-OH is 2. The van der Waals surface area contributed by atoms with E-state index in [9.17, 15) is 0 Å². The molecule has 2 heteroatoms. The molecule has 2 atom stereocenters. The molecule has 0 aromatic rings. The number of aliphatic hydroxyl groups is 2. The van der Waals surface area contributed by atoms with Crippen molar-refractivity contribution in [1.82, 2.24) is 0 Å². The van der Waals surface area contributed by atoms with Crippen molar-refractivity contribution < 1.29 is 10.2 Å². The van der Waals surface area contributed by atoms with E-state index in [1.807, 2.05) is 12.2 Å². The molecule has 0 aliphatic heterocycles. The van der Waals surface area contributed by atoms with Crippen molar-refractivity contribution in [2.24, 2.45) is 0 Å². The summed E-state index contributed by atoms with van der Waals surface area (Å²) >= 11 is 0. The Bertz CT molecular complexity index is 109.